The van der Waals surface area contributed by atoms with Crippen molar-refractivity contribution in [2.24, 2.45) is 0 Å². The summed E-state index contributed by atoms with van der Waals surface area (Å²) in [6.07, 6.45) is 1.74. The number of hydrogen-bond donors (Lipinski definition) is 1. The van der Waals surface area contributed by atoms with Crippen LogP contribution in [0.4, 0.5) is 5.69 Å². The molecule has 2 aromatic rings. The Bertz CT molecular complexity index is 440. The zero-order valence-corrected chi connectivity index (χ0v) is 10.6. The van der Waals surface area contributed by atoms with Gasteiger partial charge in [0.15, 0.2) is 0 Å². The normalized spacial score (nSPS) is 11.7. The molecule has 2 aromatic heterocycles. The van der Waals surface area contributed by atoms with E-state index < -0.39 is 0 Å². The van der Waals surface area contributed by atoms with E-state index in [1.54, 1.807) is 17.6 Å². The Morgan fingerprint density at radius 3 is 2.81 bits per heavy atom. The number of nitrogens with one attached hydrogen (secondary N) is 1. The number of nitrogens with zero attached hydrogens (tertiary/aromatic N) is 1. The molecule has 0 spiro atoms. The monoisotopic (exact) mass is 236 g/mol. The molecule has 0 aliphatic heterocycles. The van der Waals surface area contributed by atoms with Gasteiger partial charge in [0.05, 0.1) is 12.2 Å². The Balaban J connectivity index is 1.98. The first-order valence-electron chi connectivity index (χ1n) is 5.26. The van der Waals surface area contributed by atoms with Gasteiger partial charge in [-0.3, -0.25) is 0 Å². The summed E-state index contributed by atoms with van der Waals surface area (Å²) in [5.41, 5.74) is 2.15. The van der Waals surface area contributed by atoms with Crippen LogP contribution >= 0.6 is 11.3 Å². The van der Waals surface area contributed by atoms with Gasteiger partial charge < -0.3 is 9.73 Å². The zero-order valence-electron chi connectivity index (χ0n) is 9.78. The lowest BCUT2D eigenvalue weighted by molar-refractivity contribution is 0.499. The van der Waals surface area contributed by atoms with Crippen molar-refractivity contribution in [3.63, 3.8) is 0 Å². The molecule has 2 rings (SSSR count). The van der Waals surface area contributed by atoms with Crippen LogP contribution in [0.1, 0.15) is 32.4 Å². The van der Waals surface area contributed by atoms with E-state index in [0.29, 0.717) is 6.54 Å². The third-order valence-electron chi connectivity index (χ3n) is 2.29. The van der Waals surface area contributed by atoms with Crippen molar-refractivity contribution in [3.05, 3.63) is 34.7 Å². The SMILES string of the molecule is CC(C)(C)c1coc(CNc2ccsc2)n1. The lowest BCUT2D eigenvalue weighted by atomic mass is 9.93. The predicted molar refractivity (Wildman–Crippen MR) is 66.8 cm³/mol. The van der Waals surface area contributed by atoms with Gasteiger partial charge in [0, 0.05) is 16.5 Å². The average molecular weight is 236 g/mol. The van der Waals surface area contributed by atoms with Crippen LogP contribution in [-0.4, -0.2) is 4.98 Å². The molecule has 0 aliphatic carbocycles. The highest BCUT2D eigenvalue weighted by molar-refractivity contribution is 7.08. The number of anilines is 1. The van der Waals surface area contributed by atoms with Crippen LogP contribution in [0.25, 0.3) is 0 Å². The largest absolute Gasteiger partial charge is 0.447 e. The van der Waals surface area contributed by atoms with Gasteiger partial charge in [-0.25, -0.2) is 4.98 Å². The lowest BCUT2D eigenvalue weighted by Gasteiger charge is -2.12. The Morgan fingerprint density at radius 1 is 1.44 bits per heavy atom. The molecule has 0 bridgehead atoms. The lowest BCUT2D eigenvalue weighted by Crippen LogP contribution is -2.11. The molecular weight excluding hydrogens is 220 g/mol. The van der Waals surface area contributed by atoms with Gasteiger partial charge in [-0.15, -0.1) is 0 Å². The summed E-state index contributed by atoms with van der Waals surface area (Å²) in [6.45, 7) is 7.01. The molecule has 0 fully saturated rings. The van der Waals surface area contributed by atoms with Gasteiger partial charge >= 0.3 is 0 Å². The first-order chi connectivity index (χ1) is 7.55. The second-order valence-electron chi connectivity index (χ2n) is 4.74. The number of hydrogen-bond acceptors (Lipinski definition) is 4. The molecule has 2 heterocycles. The minimum atomic E-state index is 0.0458. The average Bonchev–Trinajstić information content (AvgIpc) is 2.85. The van der Waals surface area contributed by atoms with Gasteiger partial charge in [0.1, 0.15) is 6.26 Å². The number of rotatable bonds is 3. The van der Waals surface area contributed by atoms with Gasteiger partial charge in [0.2, 0.25) is 5.89 Å². The Labute approximate surface area is 99.5 Å². The molecule has 0 saturated carbocycles. The van der Waals surface area contributed by atoms with Crippen LogP contribution in [0, 0.1) is 0 Å². The first kappa shape index (κ1) is 11.2. The van der Waals surface area contributed by atoms with Crippen LogP contribution in [-0.2, 0) is 12.0 Å². The molecule has 0 amide bonds. The summed E-state index contributed by atoms with van der Waals surface area (Å²) >= 11 is 1.67. The molecule has 0 radical (unpaired) electrons. The standard InChI is InChI=1S/C12H16N2OS/c1-12(2,3)10-7-15-11(14-10)6-13-9-4-5-16-8-9/h4-5,7-8,13H,6H2,1-3H3. The van der Waals surface area contributed by atoms with Crippen LogP contribution in [0.3, 0.4) is 0 Å². The van der Waals surface area contributed by atoms with E-state index in [1.165, 1.54) is 0 Å². The minimum Gasteiger partial charge on any atom is -0.447 e. The Kier molecular flexibility index (Phi) is 3.01. The summed E-state index contributed by atoms with van der Waals surface area (Å²) in [7, 11) is 0. The quantitative estimate of drug-likeness (QED) is 0.884. The van der Waals surface area contributed by atoms with Crippen molar-refractivity contribution in [2.45, 2.75) is 32.7 Å². The van der Waals surface area contributed by atoms with E-state index in [2.05, 4.69) is 36.5 Å². The second kappa shape index (κ2) is 4.29. The van der Waals surface area contributed by atoms with Crippen LogP contribution in [0.2, 0.25) is 0 Å². The highest BCUT2D eigenvalue weighted by Gasteiger charge is 2.18. The molecular formula is C12H16N2OS. The molecule has 1 N–H and O–H groups in total. The Hall–Kier alpha value is -1.29. The highest BCUT2D eigenvalue weighted by Crippen LogP contribution is 2.21. The van der Waals surface area contributed by atoms with Crippen molar-refractivity contribution in [1.82, 2.24) is 4.98 Å². The number of thiophene rings is 1. The van der Waals surface area contributed by atoms with Crippen molar-refractivity contribution in [2.75, 3.05) is 5.32 Å². The smallest absolute Gasteiger partial charge is 0.213 e. The highest BCUT2D eigenvalue weighted by atomic mass is 32.1. The van der Waals surface area contributed by atoms with Crippen LogP contribution in [0.5, 0.6) is 0 Å². The van der Waals surface area contributed by atoms with Crippen LogP contribution in [0.15, 0.2) is 27.5 Å². The number of aromatic nitrogens is 1. The van der Waals surface area contributed by atoms with E-state index >= 15 is 0 Å². The third kappa shape index (κ3) is 2.64. The molecule has 86 valence electrons. The van der Waals surface area contributed by atoms with E-state index in [1.807, 2.05) is 11.4 Å². The summed E-state index contributed by atoms with van der Waals surface area (Å²) in [5, 5.41) is 7.36. The predicted octanol–water partition coefficient (Wildman–Crippen LogP) is 3.65. The Morgan fingerprint density at radius 2 is 2.25 bits per heavy atom. The molecule has 16 heavy (non-hydrogen) atoms. The van der Waals surface area contributed by atoms with E-state index in [-0.39, 0.29) is 5.41 Å². The minimum absolute atomic E-state index is 0.0458. The van der Waals surface area contributed by atoms with Crippen molar-refractivity contribution in [1.29, 1.82) is 0 Å². The van der Waals surface area contributed by atoms with Gasteiger partial charge in [-0.05, 0) is 11.4 Å². The van der Waals surface area contributed by atoms with Gasteiger partial charge in [-0.1, -0.05) is 20.8 Å². The third-order valence-corrected chi connectivity index (χ3v) is 2.97. The summed E-state index contributed by atoms with van der Waals surface area (Å²) in [4.78, 5) is 4.46. The molecule has 0 aliphatic rings. The fourth-order valence-electron chi connectivity index (χ4n) is 1.28. The van der Waals surface area contributed by atoms with Gasteiger partial charge in [0.25, 0.3) is 0 Å². The first-order valence-corrected chi connectivity index (χ1v) is 6.21. The van der Waals surface area contributed by atoms with E-state index in [9.17, 15) is 0 Å². The van der Waals surface area contributed by atoms with Crippen molar-refractivity contribution in [3.8, 4) is 0 Å². The second-order valence-corrected chi connectivity index (χ2v) is 5.52. The zero-order chi connectivity index (χ0) is 11.6. The molecule has 0 aromatic carbocycles. The summed E-state index contributed by atoms with van der Waals surface area (Å²) in [6, 6.07) is 2.04. The maximum absolute atomic E-state index is 5.42. The van der Waals surface area contributed by atoms with Crippen LogP contribution < -0.4 is 5.32 Å². The van der Waals surface area contributed by atoms with Crippen molar-refractivity contribution < 1.29 is 4.42 Å². The van der Waals surface area contributed by atoms with E-state index in [4.69, 9.17) is 4.42 Å². The maximum Gasteiger partial charge on any atom is 0.213 e. The topological polar surface area (TPSA) is 38.1 Å². The van der Waals surface area contributed by atoms with Gasteiger partial charge in [-0.2, -0.15) is 11.3 Å². The van der Waals surface area contributed by atoms with Crippen molar-refractivity contribution >= 4 is 17.0 Å². The molecule has 0 atom stereocenters. The number of oxazole rings is 1. The maximum atomic E-state index is 5.42. The molecule has 4 heteroatoms. The van der Waals surface area contributed by atoms with E-state index in [0.717, 1.165) is 17.3 Å². The molecule has 0 saturated heterocycles. The summed E-state index contributed by atoms with van der Waals surface area (Å²) in [5.74, 6) is 0.733. The fraction of sp³-hybridized carbons (Fsp3) is 0.417. The summed E-state index contributed by atoms with van der Waals surface area (Å²) < 4.78 is 5.42. The molecule has 3 nitrogen and oxygen atoms in total. The fourth-order valence-corrected chi connectivity index (χ4v) is 1.89. The molecule has 0 unspecified atom stereocenters.